The summed E-state index contributed by atoms with van der Waals surface area (Å²) in [5.74, 6) is -0.137. The van der Waals surface area contributed by atoms with E-state index in [9.17, 15) is 9.59 Å². The zero-order valence-corrected chi connectivity index (χ0v) is 16.2. The molecule has 0 spiro atoms. The summed E-state index contributed by atoms with van der Waals surface area (Å²) in [7, 11) is 0. The summed E-state index contributed by atoms with van der Waals surface area (Å²) in [6, 6.07) is 21.9. The topological polar surface area (TPSA) is 101 Å². The number of nitrogens with zero attached hydrogens (tertiary/aromatic N) is 1. The van der Waals surface area contributed by atoms with Gasteiger partial charge in [-0.3, -0.25) is 9.59 Å². The highest BCUT2D eigenvalue weighted by Gasteiger charge is 2.10. The van der Waals surface area contributed by atoms with Crippen molar-refractivity contribution in [1.82, 2.24) is 10.2 Å². The number of nitrogen functional groups attached to an aromatic ring is 1. The minimum Gasteiger partial charge on any atom is -0.399 e. The third kappa shape index (κ3) is 4.44. The molecule has 0 saturated carbocycles. The fourth-order valence-corrected chi connectivity index (χ4v) is 3.17. The van der Waals surface area contributed by atoms with Crippen molar-refractivity contribution in [1.29, 1.82) is 0 Å². The first-order chi connectivity index (χ1) is 13.6. The normalized spacial score (nSPS) is 10.3. The van der Waals surface area contributed by atoms with Crippen LogP contribution in [0, 0.1) is 0 Å². The van der Waals surface area contributed by atoms with Crippen LogP contribution < -0.4 is 16.6 Å². The number of halogens is 1. The zero-order chi connectivity index (χ0) is 19.5. The largest absolute Gasteiger partial charge is 0.399 e. The third-order valence-corrected chi connectivity index (χ3v) is 4.43. The summed E-state index contributed by atoms with van der Waals surface area (Å²) in [5.41, 5.74) is 9.12. The van der Waals surface area contributed by atoms with Crippen LogP contribution in [-0.4, -0.2) is 16.1 Å². The van der Waals surface area contributed by atoms with Gasteiger partial charge in [-0.15, -0.1) is 12.4 Å². The summed E-state index contributed by atoms with van der Waals surface area (Å²) in [4.78, 5) is 24.4. The van der Waals surface area contributed by atoms with Gasteiger partial charge in [0.1, 0.15) is 0 Å². The molecule has 4 aromatic rings. The van der Waals surface area contributed by atoms with E-state index in [2.05, 4.69) is 15.5 Å². The number of hydrogen-bond donors (Lipinski definition) is 3. The summed E-state index contributed by atoms with van der Waals surface area (Å²) in [5, 5.41) is 11.0. The molecule has 1 aromatic heterocycles. The van der Waals surface area contributed by atoms with Crippen LogP contribution >= 0.6 is 12.4 Å². The highest BCUT2D eigenvalue weighted by Crippen LogP contribution is 2.26. The first-order valence-corrected chi connectivity index (χ1v) is 8.82. The molecule has 146 valence electrons. The predicted molar refractivity (Wildman–Crippen MR) is 118 cm³/mol. The molecule has 1 amide bonds. The van der Waals surface area contributed by atoms with Gasteiger partial charge in [0.05, 0.1) is 17.5 Å². The maximum atomic E-state index is 12.4. The van der Waals surface area contributed by atoms with Gasteiger partial charge in [-0.1, -0.05) is 42.5 Å². The number of anilines is 2. The number of amides is 1. The average molecular weight is 407 g/mol. The molecule has 0 bridgehead atoms. The molecule has 7 heteroatoms. The molecule has 0 atom stereocenters. The number of aromatic amines is 1. The summed E-state index contributed by atoms with van der Waals surface area (Å²) in [6.07, 6.45) is 0.231. The number of carbonyl (C=O) groups excluding carboxylic acids is 1. The lowest BCUT2D eigenvalue weighted by Crippen LogP contribution is -2.14. The molecule has 0 aliphatic carbocycles. The average Bonchev–Trinajstić information content (AvgIpc) is 2.68. The number of nitrogens with one attached hydrogen (secondary N) is 2. The fraction of sp³-hybridized carbons (Fsp3) is 0.0455. The second kappa shape index (κ2) is 8.58. The molecule has 1 heterocycles. The molecule has 4 N–H and O–H groups in total. The molecular weight excluding hydrogens is 388 g/mol. The maximum absolute atomic E-state index is 12.4. The van der Waals surface area contributed by atoms with Gasteiger partial charge in [0.25, 0.3) is 5.56 Å². The Bertz CT molecular complexity index is 1240. The Kier molecular flexibility index (Phi) is 5.95. The fourth-order valence-electron chi connectivity index (χ4n) is 3.17. The predicted octanol–water partition coefficient (Wildman–Crippen LogP) is 3.78. The van der Waals surface area contributed by atoms with E-state index in [1.807, 2.05) is 54.6 Å². The van der Waals surface area contributed by atoms with Crippen molar-refractivity contribution < 1.29 is 4.79 Å². The number of nitrogens with two attached hydrogens (primary N) is 1. The van der Waals surface area contributed by atoms with Crippen LogP contribution in [0.25, 0.3) is 22.0 Å². The lowest BCUT2D eigenvalue weighted by molar-refractivity contribution is -0.115. The molecule has 29 heavy (non-hydrogen) atoms. The van der Waals surface area contributed by atoms with E-state index in [1.54, 1.807) is 18.2 Å². The highest BCUT2D eigenvalue weighted by atomic mass is 35.5. The van der Waals surface area contributed by atoms with Crippen molar-refractivity contribution in [3.8, 4) is 11.3 Å². The van der Waals surface area contributed by atoms with E-state index in [-0.39, 0.29) is 30.3 Å². The van der Waals surface area contributed by atoms with Gasteiger partial charge < -0.3 is 11.1 Å². The number of benzene rings is 3. The van der Waals surface area contributed by atoms with Crippen LogP contribution in [0.1, 0.15) is 5.56 Å². The van der Waals surface area contributed by atoms with Gasteiger partial charge in [-0.25, -0.2) is 5.10 Å². The second-order valence-electron chi connectivity index (χ2n) is 6.50. The SMILES string of the molecule is Cl.Nc1cccc(CC(=O)Nc2cccc(-c3n[nH]c(=O)c4ccccc34)c2)c1. The molecule has 3 aromatic carbocycles. The summed E-state index contributed by atoms with van der Waals surface area (Å²) >= 11 is 0. The zero-order valence-electron chi connectivity index (χ0n) is 15.4. The van der Waals surface area contributed by atoms with Crippen LogP contribution in [0.2, 0.25) is 0 Å². The first kappa shape index (κ1) is 20.1. The molecule has 0 aliphatic heterocycles. The van der Waals surface area contributed by atoms with E-state index >= 15 is 0 Å². The van der Waals surface area contributed by atoms with E-state index in [0.717, 1.165) is 16.5 Å². The van der Waals surface area contributed by atoms with Crippen LogP contribution in [0.4, 0.5) is 11.4 Å². The number of fused-ring (bicyclic) bond motifs is 1. The molecule has 6 nitrogen and oxygen atoms in total. The Morgan fingerprint density at radius 1 is 0.966 bits per heavy atom. The number of aromatic nitrogens is 2. The third-order valence-electron chi connectivity index (χ3n) is 4.43. The van der Waals surface area contributed by atoms with Crippen LogP contribution in [0.5, 0.6) is 0 Å². The highest BCUT2D eigenvalue weighted by molar-refractivity contribution is 5.96. The van der Waals surface area contributed by atoms with E-state index in [4.69, 9.17) is 5.73 Å². The quantitative estimate of drug-likeness (QED) is 0.449. The number of hydrogen-bond acceptors (Lipinski definition) is 4. The van der Waals surface area contributed by atoms with Gasteiger partial charge in [0.2, 0.25) is 5.91 Å². The Morgan fingerprint density at radius 3 is 2.52 bits per heavy atom. The lowest BCUT2D eigenvalue weighted by Gasteiger charge is -2.09. The number of rotatable bonds is 4. The monoisotopic (exact) mass is 406 g/mol. The van der Waals surface area contributed by atoms with E-state index in [1.165, 1.54) is 0 Å². The molecule has 0 saturated heterocycles. The van der Waals surface area contributed by atoms with E-state index in [0.29, 0.717) is 22.5 Å². The van der Waals surface area contributed by atoms with Crippen molar-refractivity contribution in [3.63, 3.8) is 0 Å². The van der Waals surface area contributed by atoms with Crippen LogP contribution in [0.3, 0.4) is 0 Å². The van der Waals surface area contributed by atoms with Crippen molar-refractivity contribution in [2.24, 2.45) is 0 Å². The molecule has 0 fully saturated rings. The van der Waals surface area contributed by atoms with Crippen molar-refractivity contribution in [2.75, 3.05) is 11.1 Å². The first-order valence-electron chi connectivity index (χ1n) is 8.82. The van der Waals surface area contributed by atoms with Gasteiger partial charge in [0, 0.05) is 22.3 Å². The minimum absolute atomic E-state index is 0. The van der Waals surface area contributed by atoms with Gasteiger partial charge >= 0.3 is 0 Å². The second-order valence-corrected chi connectivity index (χ2v) is 6.50. The molecule has 4 rings (SSSR count). The van der Waals surface area contributed by atoms with Gasteiger partial charge in [-0.05, 0) is 35.9 Å². The lowest BCUT2D eigenvalue weighted by atomic mass is 10.0. The molecule has 0 unspecified atom stereocenters. The maximum Gasteiger partial charge on any atom is 0.272 e. The number of H-pyrrole nitrogens is 1. The van der Waals surface area contributed by atoms with Gasteiger partial charge in [-0.2, -0.15) is 5.10 Å². The molecule has 0 aliphatic rings. The number of carbonyl (C=O) groups is 1. The van der Waals surface area contributed by atoms with Gasteiger partial charge in [0.15, 0.2) is 0 Å². The minimum atomic E-state index is -0.231. The van der Waals surface area contributed by atoms with Crippen LogP contribution in [0.15, 0.2) is 77.6 Å². The molecular formula is C22H19ClN4O2. The van der Waals surface area contributed by atoms with E-state index < -0.39 is 0 Å². The van der Waals surface area contributed by atoms with Crippen molar-refractivity contribution >= 4 is 40.5 Å². The standard InChI is InChI=1S/C22H18N4O2.ClH/c23-16-7-3-5-14(11-16)12-20(27)24-17-8-4-6-15(13-17)21-18-9-1-2-10-19(18)22(28)26-25-21;/h1-11,13H,12,23H2,(H,24,27)(H,26,28);1H. The summed E-state index contributed by atoms with van der Waals surface area (Å²) in [6.45, 7) is 0. The summed E-state index contributed by atoms with van der Waals surface area (Å²) < 4.78 is 0. The van der Waals surface area contributed by atoms with Crippen molar-refractivity contribution in [3.05, 3.63) is 88.7 Å². The Balaban J connectivity index is 0.00000240. The smallest absolute Gasteiger partial charge is 0.272 e. The Morgan fingerprint density at radius 2 is 1.72 bits per heavy atom. The van der Waals surface area contributed by atoms with Crippen molar-refractivity contribution in [2.45, 2.75) is 6.42 Å². The Labute approximate surface area is 173 Å². The van der Waals surface area contributed by atoms with Crippen LogP contribution in [-0.2, 0) is 11.2 Å². The Hall–Kier alpha value is -3.64. The molecule has 0 radical (unpaired) electrons.